The van der Waals surface area contributed by atoms with Gasteiger partial charge in [-0.3, -0.25) is 9.59 Å². The molecule has 0 unspecified atom stereocenters. The Morgan fingerprint density at radius 2 is 1.85 bits per heavy atom. The van der Waals surface area contributed by atoms with Crippen LogP contribution in [0.1, 0.15) is 47.2 Å². The number of rotatable bonds is 7. The number of carbonyl (C=O) groups is 2. The Hall–Kier alpha value is -4.68. The molecule has 0 saturated carbocycles. The largest absolute Gasteiger partial charge is 0.362 e. The monoisotopic (exact) mass is 537 g/mol. The normalized spacial score (nSPS) is 13.6. The van der Waals surface area contributed by atoms with Gasteiger partial charge in [-0.05, 0) is 80.4 Å². The van der Waals surface area contributed by atoms with Crippen LogP contribution in [0.25, 0.3) is 10.9 Å². The number of nitrogens with zero attached hydrogens (tertiary/aromatic N) is 4. The number of benzene rings is 2. The maximum atomic E-state index is 12.9. The van der Waals surface area contributed by atoms with Crippen molar-refractivity contribution in [2.75, 3.05) is 37.3 Å². The highest BCUT2D eigenvalue weighted by molar-refractivity contribution is 6.04. The summed E-state index contributed by atoms with van der Waals surface area (Å²) >= 11 is 0. The predicted molar refractivity (Wildman–Crippen MR) is 159 cm³/mol. The minimum Gasteiger partial charge on any atom is -0.362 e. The minimum absolute atomic E-state index is 0.199. The van der Waals surface area contributed by atoms with Crippen molar-refractivity contribution in [2.45, 2.75) is 25.7 Å². The number of hydrogen-bond donors (Lipinski definition) is 3. The molecule has 9 nitrogen and oxygen atoms in total. The average Bonchev–Trinajstić information content (AvgIpc) is 3.36. The van der Waals surface area contributed by atoms with Crippen molar-refractivity contribution in [3.8, 4) is 6.07 Å². The lowest BCUT2D eigenvalue weighted by atomic mass is 9.89. The molecule has 0 atom stereocenters. The molecule has 0 aliphatic carbocycles. The van der Waals surface area contributed by atoms with E-state index in [-0.39, 0.29) is 5.91 Å². The van der Waals surface area contributed by atoms with E-state index in [1.807, 2.05) is 54.2 Å². The zero-order valence-electron chi connectivity index (χ0n) is 23.1. The SMILES string of the molecule is CCN1CCC(c2ccc(C(=O)Nc3cc(Nc4cc5ccn(C)c5cc4C#N)ccn3)cc2)CC1.CNC=O. The van der Waals surface area contributed by atoms with E-state index in [0.717, 1.165) is 49.1 Å². The molecule has 1 aliphatic rings. The lowest BCUT2D eigenvalue weighted by Crippen LogP contribution is -2.32. The van der Waals surface area contributed by atoms with Gasteiger partial charge in [-0.15, -0.1) is 0 Å². The van der Waals surface area contributed by atoms with Gasteiger partial charge in [-0.1, -0.05) is 19.1 Å². The van der Waals surface area contributed by atoms with Crippen LogP contribution in [0.4, 0.5) is 17.2 Å². The zero-order chi connectivity index (χ0) is 28.5. The molecule has 3 N–H and O–H groups in total. The molecule has 1 fully saturated rings. The van der Waals surface area contributed by atoms with Crippen LogP contribution in [0, 0.1) is 11.3 Å². The van der Waals surface area contributed by atoms with Crippen molar-refractivity contribution in [1.29, 1.82) is 5.26 Å². The second kappa shape index (κ2) is 13.4. The summed E-state index contributed by atoms with van der Waals surface area (Å²) in [6.07, 6.45) is 6.55. The van der Waals surface area contributed by atoms with Crippen LogP contribution in [-0.2, 0) is 11.8 Å². The first-order valence-corrected chi connectivity index (χ1v) is 13.4. The van der Waals surface area contributed by atoms with E-state index < -0.39 is 0 Å². The number of fused-ring (bicyclic) bond motifs is 1. The number of carbonyl (C=O) groups excluding carboxylic acids is 2. The molecule has 2 aromatic heterocycles. The quantitative estimate of drug-likeness (QED) is 0.286. The van der Waals surface area contributed by atoms with Gasteiger partial charge in [0.15, 0.2) is 0 Å². The molecule has 2 aromatic carbocycles. The summed E-state index contributed by atoms with van der Waals surface area (Å²) in [7, 11) is 3.52. The van der Waals surface area contributed by atoms with Gasteiger partial charge in [-0.25, -0.2) is 4.98 Å². The van der Waals surface area contributed by atoms with Gasteiger partial charge in [0.25, 0.3) is 5.91 Å². The smallest absolute Gasteiger partial charge is 0.256 e. The summed E-state index contributed by atoms with van der Waals surface area (Å²) in [6.45, 7) is 5.59. The van der Waals surface area contributed by atoms with Crippen LogP contribution in [0.15, 0.2) is 67.0 Å². The van der Waals surface area contributed by atoms with E-state index in [2.05, 4.69) is 51.0 Å². The van der Waals surface area contributed by atoms with E-state index in [9.17, 15) is 10.1 Å². The Morgan fingerprint density at radius 3 is 2.50 bits per heavy atom. The van der Waals surface area contributed by atoms with Crippen LogP contribution in [0.3, 0.4) is 0 Å². The highest BCUT2D eigenvalue weighted by Gasteiger charge is 2.20. The zero-order valence-corrected chi connectivity index (χ0v) is 23.1. The lowest BCUT2D eigenvalue weighted by molar-refractivity contribution is -0.109. The number of amides is 2. The molecule has 0 bridgehead atoms. The minimum atomic E-state index is -0.199. The number of nitrogens with one attached hydrogen (secondary N) is 3. The number of hydrogen-bond acceptors (Lipinski definition) is 6. The molecular formula is C31H35N7O2. The summed E-state index contributed by atoms with van der Waals surface area (Å²) in [4.78, 5) is 28.7. The Bertz CT molecular complexity index is 1500. The van der Waals surface area contributed by atoms with E-state index in [4.69, 9.17) is 4.79 Å². The van der Waals surface area contributed by atoms with E-state index >= 15 is 0 Å². The molecule has 9 heteroatoms. The Kier molecular flexibility index (Phi) is 9.49. The standard InChI is InChI=1S/C29H30N6O.C2H5NO/c1-3-35-14-10-21(11-15-35)20-4-6-22(7-5-20)29(36)33-28-18-25(8-12-31-28)32-26-16-23-9-13-34(2)27(23)17-24(26)19-30;1-3-2-4/h4-9,12-13,16-18,21H,3,10-11,14-15H2,1-2H3,(H2,31,32,33,36);2H,1H3,(H,3,4). The number of likely N-dealkylation sites (tertiary alicyclic amines) is 1. The van der Waals surface area contributed by atoms with Crippen molar-refractivity contribution >= 4 is 40.4 Å². The Labute approximate surface area is 234 Å². The van der Waals surface area contributed by atoms with E-state index in [0.29, 0.717) is 35.0 Å². The first kappa shape index (κ1) is 28.3. The highest BCUT2D eigenvalue weighted by Crippen LogP contribution is 2.29. The average molecular weight is 538 g/mol. The van der Waals surface area contributed by atoms with Gasteiger partial charge in [0.05, 0.1) is 11.3 Å². The third-order valence-corrected chi connectivity index (χ3v) is 7.22. The fraction of sp³-hybridized carbons (Fsp3) is 0.290. The number of piperidine rings is 1. The third kappa shape index (κ3) is 6.84. The molecule has 4 aromatic rings. The molecular weight excluding hydrogens is 502 g/mol. The van der Waals surface area contributed by atoms with Gasteiger partial charge in [0, 0.05) is 54.7 Å². The fourth-order valence-electron chi connectivity index (χ4n) is 4.92. The van der Waals surface area contributed by atoms with Crippen molar-refractivity contribution in [3.05, 3.63) is 83.7 Å². The molecule has 40 heavy (non-hydrogen) atoms. The van der Waals surface area contributed by atoms with Crippen molar-refractivity contribution < 1.29 is 9.59 Å². The van der Waals surface area contributed by atoms with Crippen LogP contribution in [0.5, 0.6) is 0 Å². The number of aromatic nitrogens is 2. The number of aryl methyl sites for hydroxylation is 1. The molecule has 1 aliphatic heterocycles. The maximum absolute atomic E-state index is 12.9. The Morgan fingerprint density at radius 1 is 1.12 bits per heavy atom. The maximum Gasteiger partial charge on any atom is 0.256 e. The van der Waals surface area contributed by atoms with Gasteiger partial charge in [0.2, 0.25) is 6.41 Å². The number of anilines is 3. The molecule has 0 spiro atoms. The molecule has 5 rings (SSSR count). The summed E-state index contributed by atoms with van der Waals surface area (Å²) < 4.78 is 1.99. The molecule has 0 radical (unpaired) electrons. The van der Waals surface area contributed by atoms with Gasteiger partial charge >= 0.3 is 0 Å². The second-order valence-electron chi connectivity index (χ2n) is 9.74. The molecule has 3 heterocycles. The fourth-order valence-corrected chi connectivity index (χ4v) is 4.92. The van der Waals surface area contributed by atoms with Crippen molar-refractivity contribution in [2.24, 2.45) is 7.05 Å². The van der Waals surface area contributed by atoms with Crippen molar-refractivity contribution in [1.82, 2.24) is 19.8 Å². The van der Waals surface area contributed by atoms with Gasteiger partial charge in [0.1, 0.15) is 11.9 Å². The third-order valence-electron chi connectivity index (χ3n) is 7.22. The molecule has 206 valence electrons. The highest BCUT2D eigenvalue weighted by atomic mass is 16.1. The summed E-state index contributed by atoms with van der Waals surface area (Å²) in [5.74, 6) is 0.804. The summed E-state index contributed by atoms with van der Waals surface area (Å²) in [6, 6.07) is 19.6. The number of pyridine rings is 1. The van der Waals surface area contributed by atoms with Crippen LogP contribution in [0.2, 0.25) is 0 Å². The predicted octanol–water partition coefficient (Wildman–Crippen LogP) is 5.00. The van der Waals surface area contributed by atoms with Gasteiger partial charge in [-0.2, -0.15) is 5.26 Å². The molecule has 1 saturated heterocycles. The van der Waals surface area contributed by atoms with E-state index in [1.165, 1.54) is 5.56 Å². The summed E-state index contributed by atoms with van der Waals surface area (Å²) in [5.41, 5.74) is 4.90. The first-order valence-electron chi connectivity index (χ1n) is 13.4. The second-order valence-corrected chi connectivity index (χ2v) is 9.74. The van der Waals surface area contributed by atoms with Crippen LogP contribution in [-0.4, -0.2) is 53.5 Å². The van der Waals surface area contributed by atoms with E-state index in [1.54, 1.807) is 19.3 Å². The van der Waals surface area contributed by atoms with Gasteiger partial charge < -0.3 is 25.4 Å². The van der Waals surface area contributed by atoms with Crippen LogP contribution < -0.4 is 16.0 Å². The summed E-state index contributed by atoms with van der Waals surface area (Å²) in [5, 5.41) is 19.1. The topological polar surface area (TPSA) is 115 Å². The first-order chi connectivity index (χ1) is 19.4. The Balaban J connectivity index is 0.000000867. The van der Waals surface area contributed by atoms with Crippen molar-refractivity contribution in [3.63, 3.8) is 0 Å². The number of nitriles is 1. The molecule has 2 amide bonds. The lowest BCUT2D eigenvalue weighted by Gasteiger charge is -2.31. The van der Waals surface area contributed by atoms with Crippen LogP contribution >= 0.6 is 0 Å².